The number of unbranched alkanes of at least 4 members (excludes halogenated alkanes) is 1. The van der Waals surface area contributed by atoms with Gasteiger partial charge >= 0.3 is 43.8 Å². The molecule has 15 nitrogen and oxygen atoms in total. The van der Waals surface area contributed by atoms with Crippen molar-refractivity contribution in [2.24, 2.45) is 0 Å². The quantitative estimate of drug-likeness (QED) is 0.0300. The van der Waals surface area contributed by atoms with E-state index >= 15 is 0 Å². The van der Waals surface area contributed by atoms with Gasteiger partial charge in [-0.25, -0.2) is 0 Å². The Hall–Kier alpha value is -2.38. The van der Waals surface area contributed by atoms with E-state index in [4.69, 9.17) is 56.3 Å². The fraction of sp³-hybridized carbons (Fsp3) is 0.577. The maximum Gasteiger partial charge on any atom is 1.00 e. The third-order valence-electron chi connectivity index (χ3n) is 19.7. The van der Waals surface area contributed by atoms with Crippen molar-refractivity contribution >= 4 is 67.1 Å². The Morgan fingerprint density at radius 1 is 0.500 bits per heavy atom. The first-order valence-corrected chi connectivity index (χ1v) is 35.4. The number of aliphatic hydroxyl groups excluding tert-OH is 1. The second-order valence-corrected chi connectivity index (χ2v) is 30.4. The van der Waals surface area contributed by atoms with Crippen molar-refractivity contribution in [1.29, 1.82) is 0 Å². The third kappa shape index (κ3) is 16.2. The van der Waals surface area contributed by atoms with Crippen LogP contribution in [-0.4, -0.2) is 131 Å². The van der Waals surface area contributed by atoms with E-state index in [2.05, 4.69) is 147 Å². The molecule has 2 fully saturated rings. The summed E-state index contributed by atoms with van der Waals surface area (Å²) in [4.78, 5) is 0.188. The van der Waals surface area contributed by atoms with Gasteiger partial charge in [-0.3, -0.25) is 4.18 Å². The monoisotopic (exact) mass is 1420 g/mol. The number of aliphatic hydroxyl groups is 1. The Morgan fingerprint density at radius 2 is 0.859 bits per heavy atom. The molecule has 0 amide bonds. The molecule has 498 valence electrons. The number of halogens is 2. The van der Waals surface area contributed by atoms with Gasteiger partial charge in [0.05, 0.1) is 100.0 Å². The largest absolute Gasteiger partial charge is 1.00 e. The van der Waals surface area contributed by atoms with Crippen LogP contribution >= 0.6 is 31.9 Å². The van der Waals surface area contributed by atoms with E-state index in [1.165, 1.54) is 61.2 Å². The maximum absolute atomic E-state index is 13.0. The zero-order valence-corrected chi connectivity index (χ0v) is 63.0. The Bertz CT molecular complexity index is 3400. The van der Waals surface area contributed by atoms with Crippen LogP contribution < -0.4 is 40.5 Å². The zero-order chi connectivity index (χ0) is 65.6. The van der Waals surface area contributed by atoms with Gasteiger partial charge in [-0.1, -0.05) is 93.6 Å². The zero-order valence-electron chi connectivity index (χ0n) is 58.0. The van der Waals surface area contributed by atoms with Crippen LogP contribution in [0.2, 0.25) is 0 Å². The molecule has 0 saturated carbocycles. The molecule has 1 unspecified atom stereocenters. The number of methoxy groups -OCH3 is 3. The molecular weight excluding hydrogens is 1330 g/mol. The van der Waals surface area contributed by atoms with Crippen LogP contribution in [0.15, 0.2) is 86.6 Å². The van der Waals surface area contributed by atoms with E-state index in [1.54, 1.807) is 45.6 Å². The predicted octanol–water partition coefficient (Wildman–Crippen LogP) is 10.4. The molecule has 5 aromatic rings. The number of rotatable bonds is 27. The Labute approximate surface area is 589 Å². The first kappa shape index (κ1) is 75.4. The Kier molecular flexibility index (Phi) is 26.3. The van der Waals surface area contributed by atoms with Gasteiger partial charge in [0.25, 0.3) is 10.1 Å². The first-order valence-electron chi connectivity index (χ1n) is 32.4. The second kappa shape index (κ2) is 32.1. The molecule has 4 heterocycles. The molecule has 4 aliphatic heterocycles. The first-order chi connectivity index (χ1) is 43.3. The smallest absolute Gasteiger partial charge is 1.00 e. The summed E-state index contributed by atoms with van der Waals surface area (Å²) in [6.45, 7) is 27.5. The van der Waals surface area contributed by atoms with Gasteiger partial charge in [0.1, 0.15) is 0 Å². The number of hydrogen-bond donors (Lipinski definition) is 1. The molecule has 5 aromatic carbocycles. The molecule has 0 spiro atoms. The van der Waals surface area contributed by atoms with Crippen molar-refractivity contribution in [3.8, 4) is 22.3 Å². The molecule has 0 radical (unpaired) electrons. The van der Waals surface area contributed by atoms with Crippen molar-refractivity contribution in [2.75, 3.05) is 80.8 Å². The van der Waals surface area contributed by atoms with E-state index in [-0.39, 0.29) is 59.9 Å². The predicted molar refractivity (Wildman–Crippen MR) is 366 cm³/mol. The van der Waals surface area contributed by atoms with E-state index in [0.29, 0.717) is 79.1 Å². The summed E-state index contributed by atoms with van der Waals surface area (Å²) in [6.07, 6.45) is 8.15. The second-order valence-electron chi connectivity index (χ2n) is 26.9. The van der Waals surface area contributed by atoms with Crippen LogP contribution in [0.3, 0.4) is 0 Å². The van der Waals surface area contributed by atoms with Crippen LogP contribution in [0.4, 0.5) is 0 Å². The summed E-state index contributed by atoms with van der Waals surface area (Å²) < 4.78 is 99.1. The fourth-order valence-corrected chi connectivity index (χ4v) is 15.6. The molecule has 2 aliphatic carbocycles. The van der Waals surface area contributed by atoms with Crippen molar-refractivity contribution < 1.29 is 100 Å². The minimum atomic E-state index is -3.84. The van der Waals surface area contributed by atoms with Gasteiger partial charge in [-0.15, -0.1) is 0 Å². The Balaban J connectivity index is 0.000000241. The third-order valence-corrected chi connectivity index (χ3v) is 21.9. The average Bonchev–Trinajstić information content (AvgIpc) is 1.55. The van der Waals surface area contributed by atoms with Crippen LogP contribution in [0.5, 0.6) is 0 Å². The number of aryl methyl sites for hydroxylation is 1. The summed E-state index contributed by atoms with van der Waals surface area (Å²) in [5.74, 6) is 0. The Morgan fingerprint density at radius 3 is 1.22 bits per heavy atom. The molecule has 11 rings (SSSR count). The van der Waals surface area contributed by atoms with E-state index < -0.39 is 46.8 Å². The minimum absolute atomic E-state index is 0. The topological polar surface area (TPSA) is 165 Å². The fourth-order valence-electron chi connectivity index (χ4n) is 13.6. The molecule has 0 aromatic heterocycles. The number of benzene rings is 5. The van der Waals surface area contributed by atoms with E-state index in [9.17, 15) is 8.42 Å². The normalized spacial score (nSPS) is 19.5. The van der Waals surface area contributed by atoms with Crippen molar-refractivity contribution in [2.45, 2.75) is 192 Å². The summed E-state index contributed by atoms with van der Waals surface area (Å²) in [6, 6.07) is 24.9. The van der Waals surface area contributed by atoms with E-state index in [1.807, 2.05) is 6.92 Å². The molecule has 92 heavy (non-hydrogen) atoms. The summed E-state index contributed by atoms with van der Waals surface area (Å²) in [5, 5.41) is 7.94. The van der Waals surface area contributed by atoms with Crippen LogP contribution in [0.1, 0.15) is 172 Å². The standard InChI is InChI=1S/C35H42BBrO6S.C33H46BBrO7.C3H8O2.Na.H/c1-7-8-14-35(15-9-16-41-44(38,39)28-12-10-23(2)11-13-28)29-19-26(36-42-33(3,4)34(5,6)43-36)17-24-21-40-22-25-18-27(37)20-30(35)32(25)31(24)29;1-31(2)32(3,4)42-34(41-31)25-17-23-21-40-22-24-18-26(35)20-28-30(24)29(23)27(19-25)33(28,9-7-11-38-15-13-36-5)10-8-12-39-16-14-37-6;1-5-3-2-4;;/h10-13,17-20H,7-9,14-16,21-22H2,1-6H3;17-20H,7-16,21-22H2,1-6H3;4H,2-3H2,1H3;;/q;;;+1;-1. The molecular formula is C71H97B2Br2NaO15S. The van der Waals surface area contributed by atoms with Crippen LogP contribution in [0.25, 0.3) is 22.3 Å². The SMILES string of the molecule is CCCCC1(CCCOS(=O)(=O)c2ccc(C)cc2)c2cc(Br)cc3c2-c2c(cc(B4OC(C)(C)C(C)(C)O4)cc21)COC3.COCCO.COCCOCCCC1(CCCOCCOC)c2cc(Br)cc3c2-c2c(cc(B4OC(C)(C)C(C)(C)O4)cc21)COC3.[H-].[Na+]. The van der Waals surface area contributed by atoms with Crippen molar-refractivity contribution in [3.05, 3.63) is 132 Å². The molecule has 1 atom stereocenters. The molecule has 21 heteroatoms. The van der Waals surface area contributed by atoms with Crippen molar-refractivity contribution in [1.82, 2.24) is 0 Å². The number of ether oxygens (including phenoxy) is 7. The summed E-state index contributed by atoms with van der Waals surface area (Å²) >= 11 is 7.64. The molecule has 0 bridgehead atoms. The molecule has 2 saturated heterocycles. The summed E-state index contributed by atoms with van der Waals surface area (Å²) in [7, 11) is 0.185. The maximum atomic E-state index is 13.0. The van der Waals surface area contributed by atoms with Gasteiger partial charge in [0.2, 0.25) is 0 Å². The average molecular weight is 1430 g/mol. The van der Waals surface area contributed by atoms with Gasteiger partial charge < -0.3 is 58.3 Å². The van der Waals surface area contributed by atoms with Gasteiger partial charge in [0.15, 0.2) is 0 Å². The molecule has 1 N–H and O–H groups in total. The van der Waals surface area contributed by atoms with Gasteiger partial charge in [-0.05, 0) is 221 Å². The van der Waals surface area contributed by atoms with Gasteiger partial charge in [-0.2, -0.15) is 8.42 Å². The van der Waals surface area contributed by atoms with Crippen molar-refractivity contribution in [3.63, 3.8) is 0 Å². The summed E-state index contributed by atoms with van der Waals surface area (Å²) in [5.41, 5.74) is 16.0. The minimum Gasteiger partial charge on any atom is -1.00 e. The van der Waals surface area contributed by atoms with Gasteiger partial charge in [0, 0.05) is 54.3 Å². The van der Waals surface area contributed by atoms with Crippen LogP contribution in [-0.2, 0) is 103 Å². The molecule has 6 aliphatic rings. The number of hydrogen-bond acceptors (Lipinski definition) is 15. The van der Waals surface area contributed by atoms with E-state index in [0.717, 1.165) is 82.4 Å². The van der Waals surface area contributed by atoms with Crippen LogP contribution in [0, 0.1) is 6.92 Å².